The Kier molecular flexibility index (Phi) is 3.04. The summed E-state index contributed by atoms with van der Waals surface area (Å²) >= 11 is 3.27. The molecule has 0 amide bonds. The van der Waals surface area contributed by atoms with Gasteiger partial charge in [0.05, 0.1) is 6.61 Å². The van der Waals surface area contributed by atoms with Gasteiger partial charge in [-0.05, 0) is 28.9 Å². The number of anilines is 1. The second-order valence-electron chi connectivity index (χ2n) is 2.91. The molecule has 0 spiro atoms. The van der Waals surface area contributed by atoms with Gasteiger partial charge in [0.1, 0.15) is 10.3 Å². The van der Waals surface area contributed by atoms with Crippen LogP contribution in [0.15, 0.2) is 22.9 Å². The van der Waals surface area contributed by atoms with E-state index in [1.54, 1.807) is 18.5 Å². The molecule has 2 heterocycles. The van der Waals surface area contributed by atoms with Crippen LogP contribution < -0.4 is 10.5 Å². The van der Waals surface area contributed by atoms with E-state index in [1.807, 2.05) is 6.92 Å². The highest BCUT2D eigenvalue weighted by atomic mass is 79.9. The van der Waals surface area contributed by atoms with Gasteiger partial charge in [-0.25, -0.2) is 4.68 Å². The van der Waals surface area contributed by atoms with E-state index in [0.717, 1.165) is 0 Å². The molecular weight excluding hydrogens is 274 g/mol. The molecule has 0 fully saturated rings. The SMILES string of the molecule is CCOc1nc(-n2cccn2)nc(N)c1Br. The third-order valence-corrected chi connectivity index (χ3v) is 2.57. The summed E-state index contributed by atoms with van der Waals surface area (Å²) in [4.78, 5) is 8.30. The highest BCUT2D eigenvalue weighted by Gasteiger charge is 2.12. The number of nitrogens with zero attached hydrogens (tertiary/aromatic N) is 4. The van der Waals surface area contributed by atoms with E-state index in [-0.39, 0.29) is 0 Å². The number of hydrogen-bond acceptors (Lipinski definition) is 5. The van der Waals surface area contributed by atoms with Gasteiger partial charge >= 0.3 is 0 Å². The second-order valence-corrected chi connectivity index (χ2v) is 3.70. The van der Waals surface area contributed by atoms with Gasteiger partial charge in [0.2, 0.25) is 5.88 Å². The van der Waals surface area contributed by atoms with Crippen molar-refractivity contribution in [1.29, 1.82) is 0 Å². The summed E-state index contributed by atoms with van der Waals surface area (Å²) in [6, 6.07) is 1.78. The number of halogens is 1. The lowest BCUT2D eigenvalue weighted by atomic mass is 10.5. The van der Waals surface area contributed by atoms with E-state index in [4.69, 9.17) is 10.5 Å². The molecule has 0 aromatic carbocycles. The smallest absolute Gasteiger partial charge is 0.255 e. The van der Waals surface area contributed by atoms with Gasteiger partial charge in [0, 0.05) is 12.4 Å². The fraction of sp³-hybridized carbons (Fsp3) is 0.222. The second kappa shape index (κ2) is 4.48. The minimum atomic E-state index is 0.323. The molecule has 0 radical (unpaired) electrons. The van der Waals surface area contributed by atoms with Crippen molar-refractivity contribution in [3.05, 3.63) is 22.9 Å². The molecule has 0 aliphatic heterocycles. The van der Waals surface area contributed by atoms with Crippen molar-refractivity contribution in [1.82, 2.24) is 19.7 Å². The predicted molar refractivity (Wildman–Crippen MR) is 62.4 cm³/mol. The maximum absolute atomic E-state index is 5.74. The third kappa shape index (κ3) is 1.99. The molecule has 0 aliphatic rings. The zero-order valence-corrected chi connectivity index (χ0v) is 10.2. The number of nitrogen functional groups attached to an aromatic ring is 1. The number of ether oxygens (including phenoxy) is 1. The van der Waals surface area contributed by atoms with Crippen molar-refractivity contribution >= 4 is 21.7 Å². The van der Waals surface area contributed by atoms with Crippen LogP contribution in [0, 0.1) is 0 Å². The number of aromatic nitrogens is 4. The normalized spacial score (nSPS) is 10.4. The fourth-order valence-electron chi connectivity index (χ4n) is 1.15. The van der Waals surface area contributed by atoms with Gasteiger partial charge in [-0.3, -0.25) is 0 Å². The molecule has 0 saturated heterocycles. The Bertz CT molecular complexity index is 485. The van der Waals surface area contributed by atoms with Crippen LogP contribution in [0.1, 0.15) is 6.92 Å². The average molecular weight is 284 g/mol. The predicted octanol–water partition coefficient (Wildman–Crippen LogP) is 1.41. The largest absolute Gasteiger partial charge is 0.477 e. The molecule has 0 aliphatic carbocycles. The lowest BCUT2D eigenvalue weighted by Gasteiger charge is -2.08. The number of nitrogens with two attached hydrogens (primary N) is 1. The van der Waals surface area contributed by atoms with Gasteiger partial charge < -0.3 is 10.5 Å². The van der Waals surface area contributed by atoms with Crippen LogP contribution in [0.2, 0.25) is 0 Å². The molecule has 0 atom stereocenters. The monoisotopic (exact) mass is 283 g/mol. The number of rotatable bonds is 3. The van der Waals surface area contributed by atoms with Crippen molar-refractivity contribution in [2.24, 2.45) is 0 Å². The molecule has 84 valence electrons. The van der Waals surface area contributed by atoms with Crippen molar-refractivity contribution in [2.75, 3.05) is 12.3 Å². The van der Waals surface area contributed by atoms with Crippen LogP contribution in [-0.4, -0.2) is 26.4 Å². The average Bonchev–Trinajstić information content (AvgIpc) is 2.78. The van der Waals surface area contributed by atoms with Crippen LogP contribution in [0.3, 0.4) is 0 Å². The first-order chi connectivity index (χ1) is 7.72. The molecule has 2 rings (SSSR count). The van der Waals surface area contributed by atoms with Crippen LogP contribution >= 0.6 is 15.9 Å². The van der Waals surface area contributed by atoms with Crippen molar-refractivity contribution in [2.45, 2.75) is 6.92 Å². The molecule has 2 aromatic rings. The van der Waals surface area contributed by atoms with Crippen LogP contribution in [0.5, 0.6) is 5.88 Å². The summed E-state index contributed by atoms with van der Waals surface area (Å²) in [5, 5.41) is 4.02. The van der Waals surface area contributed by atoms with E-state index < -0.39 is 0 Å². The van der Waals surface area contributed by atoms with E-state index in [2.05, 4.69) is 31.0 Å². The lowest BCUT2D eigenvalue weighted by molar-refractivity contribution is 0.323. The highest BCUT2D eigenvalue weighted by molar-refractivity contribution is 9.10. The van der Waals surface area contributed by atoms with E-state index in [0.29, 0.717) is 28.7 Å². The summed E-state index contributed by atoms with van der Waals surface area (Å²) in [6.07, 6.45) is 3.38. The van der Waals surface area contributed by atoms with Crippen molar-refractivity contribution in [3.63, 3.8) is 0 Å². The van der Waals surface area contributed by atoms with E-state index in [9.17, 15) is 0 Å². The minimum absolute atomic E-state index is 0.323. The lowest BCUT2D eigenvalue weighted by Crippen LogP contribution is -2.07. The topological polar surface area (TPSA) is 78.8 Å². The Hall–Kier alpha value is -1.63. The maximum Gasteiger partial charge on any atom is 0.255 e. The summed E-state index contributed by atoms with van der Waals surface area (Å²) in [5.41, 5.74) is 5.74. The standard InChI is InChI=1S/C9H10BrN5O/c1-2-16-8-6(10)7(11)13-9(14-8)15-5-3-4-12-15/h3-5H,2H2,1H3,(H2,11,13,14). The van der Waals surface area contributed by atoms with Gasteiger partial charge in [0.25, 0.3) is 5.95 Å². The van der Waals surface area contributed by atoms with Crippen LogP contribution in [-0.2, 0) is 0 Å². The molecule has 16 heavy (non-hydrogen) atoms. The Labute approximate surface area is 101 Å². The van der Waals surface area contributed by atoms with E-state index in [1.165, 1.54) is 4.68 Å². The Balaban J connectivity index is 2.48. The highest BCUT2D eigenvalue weighted by Crippen LogP contribution is 2.28. The first kappa shape index (κ1) is 10.9. The number of hydrogen-bond donors (Lipinski definition) is 1. The molecular formula is C9H10BrN5O. The quantitative estimate of drug-likeness (QED) is 0.921. The minimum Gasteiger partial charge on any atom is -0.477 e. The van der Waals surface area contributed by atoms with E-state index >= 15 is 0 Å². The Morgan fingerprint density at radius 2 is 2.31 bits per heavy atom. The zero-order valence-electron chi connectivity index (χ0n) is 8.59. The first-order valence-electron chi connectivity index (χ1n) is 4.68. The zero-order chi connectivity index (χ0) is 11.5. The Morgan fingerprint density at radius 1 is 1.50 bits per heavy atom. The summed E-state index contributed by atoms with van der Waals surface area (Å²) in [5.74, 6) is 1.12. The van der Waals surface area contributed by atoms with Crippen molar-refractivity contribution < 1.29 is 4.74 Å². The maximum atomic E-state index is 5.74. The van der Waals surface area contributed by atoms with Gasteiger partial charge in [-0.1, -0.05) is 0 Å². The summed E-state index contributed by atoms with van der Waals surface area (Å²) in [6.45, 7) is 2.38. The summed E-state index contributed by atoms with van der Waals surface area (Å²) < 4.78 is 7.42. The Morgan fingerprint density at radius 3 is 2.94 bits per heavy atom. The first-order valence-corrected chi connectivity index (χ1v) is 5.47. The molecule has 6 nitrogen and oxygen atoms in total. The molecule has 2 N–H and O–H groups in total. The van der Waals surface area contributed by atoms with Gasteiger partial charge in [0.15, 0.2) is 0 Å². The molecule has 0 saturated carbocycles. The summed E-state index contributed by atoms with van der Waals surface area (Å²) in [7, 11) is 0. The van der Waals surface area contributed by atoms with Gasteiger partial charge in [-0.15, -0.1) is 0 Å². The molecule has 0 unspecified atom stereocenters. The molecule has 0 bridgehead atoms. The molecule has 7 heteroatoms. The third-order valence-electron chi connectivity index (χ3n) is 1.83. The fourth-order valence-corrected chi connectivity index (χ4v) is 1.44. The molecule has 2 aromatic heterocycles. The van der Waals surface area contributed by atoms with Gasteiger partial charge in [-0.2, -0.15) is 15.1 Å². The van der Waals surface area contributed by atoms with Crippen LogP contribution in [0.25, 0.3) is 5.95 Å². The van der Waals surface area contributed by atoms with Crippen molar-refractivity contribution in [3.8, 4) is 11.8 Å². The van der Waals surface area contributed by atoms with Crippen LogP contribution in [0.4, 0.5) is 5.82 Å².